The molecule has 0 atom stereocenters. The lowest BCUT2D eigenvalue weighted by atomic mass is 10.2. The first kappa shape index (κ1) is 15.0. The van der Waals surface area contributed by atoms with Gasteiger partial charge in [0, 0.05) is 18.6 Å². The Hall–Kier alpha value is -0.920. The monoisotopic (exact) mass is 473 g/mol. The van der Waals surface area contributed by atoms with Crippen LogP contribution >= 0.6 is 50.1 Å². The molecule has 0 unspecified atom stereocenters. The summed E-state index contributed by atoms with van der Waals surface area (Å²) in [5, 5.41) is 5.23. The van der Waals surface area contributed by atoms with E-state index in [0.29, 0.717) is 6.54 Å². The minimum atomic E-state index is 0.600. The molecule has 0 saturated heterocycles. The van der Waals surface area contributed by atoms with Crippen molar-refractivity contribution in [2.75, 3.05) is 0 Å². The van der Waals surface area contributed by atoms with E-state index in [4.69, 9.17) is 11.6 Å². The zero-order chi connectivity index (χ0) is 14.8. The van der Waals surface area contributed by atoms with Gasteiger partial charge in [-0.2, -0.15) is 5.10 Å². The third-order valence-electron chi connectivity index (χ3n) is 2.97. The van der Waals surface area contributed by atoms with Crippen molar-refractivity contribution in [1.82, 2.24) is 14.8 Å². The Labute approximate surface area is 149 Å². The van der Waals surface area contributed by atoms with Crippen molar-refractivity contribution >= 4 is 50.1 Å². The maximum atomic E-state index is 6.23. The van der Waals surface area contributed by atoms with E-state index in [9.17, 15) is 0 Å². The zero-order valence-corrected chi connectivity index (χ0v) is 15.3. The highest BCUT2D eigenvalue weighted by atomic mass is 127. The lowest BCUT2D eigenvalue weighted by Gasteiger charge is -2.04. The highest BCUT2D eigenvalue weighted by molar-refractivity contribution is 14.1. The van der Waals surface area contributed by atoms with E-state index in [1.807, 2.05) is 36.4 Å². The van der Waals surface area contributed by atoms with Crippen LogP contribution in [0.5, 0.6) is 0 Å². The number of halogens is 3. The molecule has 0 amide bonds. The molecule has 0 aliphatic carbocycles. The van der Waals surface area contributed by atoms with Crippen LogP contribution in [0, 0.1) is 3.57 Å². The zero-order valence-electron chi connectivity index (χ0n) is 10.8. The lowest BCUT2D eigenvalue weighted by Crippen LogP contribution is -2.01. The first-order chi connectivity index (χ1) is 10.1. The van der Waals surface area contributed by atoms with E-state index in [2.05, 4.69) is 54.7 Å². The molecule has 21 heavy (non-hydrogen) atoms. The maximum Gasteiger partial charge on any atom is 0.181 e. The van der Waals surface area contributed by atoms with Crippen molar-refractivity contribution < 1.29 is 0 Å². The van der Waals surface area contributed by atoms with E-state index >= 15 is 0 Å². The quantitative estimate of drug-likeness (QED) is 0.500. The van der Waals surface area contributed by atoms with Crippen LogP contribution in [0.4, 0.5) is 0 Å². The summed E-state index contributed by atoms with van der Waals surface area (Å²) in [6.07, 6.45) is 1.73. The largest absolute Gasteiger partial charge is 0.248 e. The normalized spacial score (nSPS) is 10.8. The summed E-state index contributed by atoms with van der Waals surface area (Å²) in [7, 11) is 0. The molecule has 3 rings (SSSR count). The number of benzene rings is 2. The first-order valence-electron chi connectivity index (χ1n) is 6.21. The number of rotatable bonds is 3. The lowest BCUT2D eigenvalue weighted by molar-refractivity contribution is 0.687. The van der Waals surface area contributed by atoms with Crippen molar-refractivity contribution in [3.8, 4) is 11.4 Å². The second kappa shape index (κ2) is 6.46. The van der Waals surface area contributed by atoms with Crippen LogP contribution in [0.3, 0.4) is 0 Å². The molecule has 3 aromatic rings. The molecule has 0 fully saturated rings. The van der Waals surface area contributed by atoms with Crippen LogP contribution in [-0.2, 0) is 6.54 Å². The highest BCUT2D eigenvalue weighted by Gasteiger charge is 2.07. The average Bonchev–Trinajstić information content (AvgIpc) is 2.91. The van der Waals surface area contributed by atoms with Crippen molar-refractivity contribution in [1.29, 1.82) is 0 Å². The fourth-order valence-electron chi connectivity index (χ4n) is 1.96. The van der Waals surface area contributed by atoms with Gasteiger partial charge in [0.2, 0.25) is 0 Å². The molecule has 1 heterocycles. The molecule has 3 nitrogen and oxygen atoms in total. The van der Waals surface area contributed by atoms with Crippen molar-refractivity contribution in [3.05, 3.63) is 67.4 Å². The summed E-state index contributed by atoms with van der Waals surface area (Å²) in [5.41, 5.74) is 2.03. The molecule has 106 valence electrons. The van der Waals surface area contributed by atoms with E-state index in [0.717, 1.165) is 30.0 Å². The molecule has 0 spiro atoms. The number of hydrogen-bond acceptors (Lipinski definition) is 2. The SMILES string of the molecule is Clc1cc(Br)ccc1Cn1cnc(-c2cccc(I)c2)n1. The Morgan fingerprint density at radius 1 is 1.19 bits per heavy atom. The third-order valence-corrected chi connectivity index (χ3v) is 4.48. The minimum Gasteiger partial charge on any atom is -0.248 e. The second-order valence-electron chi connectivity index (χ2n) is 4.51. The maximum absolute atomic E-state index is 6.23. The Balaban J connectivity index is 1.85. The Morgan fingerprint density at radius 3 is 2.81 bits per heavy atom. The Morgan fingerprint density at radius 2 is 2.05 bits per heavy atom. The second-order valence-corrected chi connectivity index (χ2v) is 7.08. The van der Waals surface area contributed by atoms with Gasteiger partial charge in [0.15, 0.2) is 5.82 Å². The predicted molar refractivity (Wildman–Crippen MR) is 96.4 cm³/mol. The van der Waals surface area contributed by atoms with Gasteiger partial charge in [-0.15, -0.1) is 0 Å². The highest BCUT2D eigenvalue weighted by Crippen LogP contribution is 2.22. The van der Waals surface area contributed by atoms with Crippen molar-refractivity contribution in [2.24, 2.45) is 0 Å². The Kier molecular flexibility index (Phi) is 4.61. The van der Waals surface area contributed by atoms with Crippen LogP contribution in [0.15, 0.2) is 53.3 Å². The van der Waals surface area contributed by atoms with Gasteiger partial charge in [0.05, 0.1) is 6.54 Å². The first-order valence-corrected chi connectivity index (χ1v) is 8.46. The van der Waals surface area contributed by atoms with Crippen LogP contribution in [-0.4, -0.2) is 14.8 Å². The predicted octanol–water partition coefficient (Wildman–Crippen LogP) is 5.01. The number of hydrogen-bond donors (Lipinski definition) is 0. The van der Waals surface area contributed by atoms with Gasteiger partial charge in [-0.1, -0.05) is 45.7 Å². The standard InChI is InChI=1S/C15H10BrClIN3/c16-12-5-4-11(14(17)7-12)8-21-9-19-15(20-21)10-2-1-3-13(18)6-10/h1-7,9H,8H2. The smallest absolute Gasteiger partial charge is 0.181 e. The van der Waals surface area contributed by atoms with Crippen molar-refractivity contribution in [2.45, 2.75) is 6.54 Å². The van der Waals surface area contributed by atoms with E-state index in [1.165, 1.54) is 0 Å². The Bertz CT molecular complexity index is 788. The third kappa shape index (κ3) is 3.64. The van der Waals surface area contributed by atoms with Gasteiger partial charge in [-0.05, 0) is 52.4 Å². The van der Waals surface area contributed by atoms with Crippen LogP contribution in [0.2, 0.25) is 5.02 Å². The minimum absolute atomic E-state index is 0.600. The summed E-state index contributed by atoms with van der Waals surface area (Å²) in [6, 6.07) is 14.0. The molecular weight excluding hydrogens is 464 g/mol. The fourth-order valence-corrected chi connectivity index (χ4v) is 3.23. The van der Waals surface area contributed by atoms with E-state index in [1.54, 1.807) is 11.0 Å². The number of nitrogens with zero attached hydrogens (tertiary/aromatic N) is 3. The molecule has 0 aliphatic rings. The summed E-state index contributed by atoms with van der Waals surface area (Å²) in [6.45, 7) is 0.600. The van der Waals surface area contributed by atoms with Crippen LogP contribution in [0.1, 0.15) is 5.56 Å². The van der Waals surface area contributed by atoms with Crippen LogP contribution < -0.4 is 0 Å². The average molecular weight is 475 g/mol. The molecule has 6 heteroatoms. The van der Waals surface area contributed by atoms with Gasteiger partial charge in [0.25, 0.3) is 0 Å². The molecule has 0 bridgehead atoms. The molecule has 0 radical (unpaired) electrons. The topological polar surface area (TPSA) is 30.7 Å². The summed E-state index contributed by atoms with van der Waals surface area (Å²) in [5.74, 6) is 0.724. The molecular formula is C15H10BrClIN3. The molecule has 0 aliphatic heterocycles. The van der Waals surface area contributed by atoms with Crippen molar-refractivity contribution in [3.63, 3.8) is 0 Å². The molecule has 0 saturated carbocycles. The van der Waals surface area contributed by atoms with Gasteiger partial charge in [-0.25, -0.2) is 9.67 Å². The molecule has 2 aromatic carbocycles. The van der Waals surface area contributed by atoms with Gasteiger partial charge >= 0.3 is 0 Å². The summed E-state index contributed by atoms with van der Waals surface area (Å²) in [4.78, 5) is 4.37. The summed E-state index contributed by atoms with van der Waals surface area (Å²) >= 11 is 11.9. The van der Waals surface area contributed by atoms with Gasteiger partial charge in [0.1, 0.15) is 6.33 Å². The molecule has 1 aromatic heterocycles. The summed E-state index contributed by atoms with van der Waals surface area (Å²) < 4.78 is 3.93. The van der Waals surface area contributed by atoms with Crippen LogP contribution in [0.25, 0.3) is 11.4 Å². The molecule has 0 N–H and O–H groups in total. The van der Waals surface area contributed by atoms with Gasteiger partial charge < -0.3 is 0 Å². The van der Waals surface area contributed by atoms with Gasteiger partial charge in [-0.3, -0.25) is 0 Å². The van der Waals surface area contributed by atoms with E-state index in [-0.39, 0.29) is 0 Å². The van der Waals surface area contributed by atoms with E-state index < -0.39 is 0 Å². The fraction of sp³-hybridized carbons (Fsp3) is 0.0667. The number of aromatic nitrogens is 3.